The molecular formula is C20H24N3O2S2+. The molecule has 0 radical (unpaired) electrons. The van der Waals surface area contributed by atoms with Crippen molar-refractivity contribution in [3.63, 3.8) is 0 Å². The number of thioether (sulfide) groups is 1. The van der Waals surface area contributed by atoms with Crippen molar-refractivity contribution in [1.29, 1.82) is 0 Å². The van der Waals surface area contributed by atoms with E-state index in [1.165, 1.54) is 28.0 Å². The van der Waals surface area contributed by atoms with Crippen LogP contribution in [0.2, 0.25) is 0 Å². The van der Waals surface area contributed by atoms with Gasteiger partial charge in [-0.3, -0.25) is 14.2 Å². The van der Waals surface area contributed by atoms with Crippen LogP contribution in [0.1, 0.15) is 21.0 Å². The maximum atomic E-state index is 13.0. The van der Waals surface area contributed by atoms with Crippen molar-refractivity contribution in [2.45, 2.75) is 25.0 Å². The first-order chi connectivity index (χ1) is 13.0. The molecule has 0 unspecified atom stereocenters. The molecule has 1 aromatic carbocycles. The van der Waals surface area contributed by atoms with Crippen molar-refractivity contribution in [3.05, 3.63) is 56.5 Å². The fourth-order valence-electron chi connectivity index (χ4n) is 2.83. The van der Waals surface area contributed by atoms with Crippen molar-refractivity contribution in [2.24, 2.45) is 0 Å². The van der Waals surface area contributed by atoms with Gasteiger partial charge in [-0.2, -0.15) is 0 Å². The number of carbonyl (C=O) groups is 1. The molecule has 0 atom stereocenters. The van der Waals surface area contributed by atoms with Gasteiger partial charge in [-0.1, -0.05) is 23.9 Å². The van der Waals surface area contributed by atoms with E-state index in [1.807, 2.05) is 43.3 Å². The second-order valence-corrected chi connectivity index (χ2v) is 9.03. The highest BCUT2D eigenvalue weighted by atomic mass is 32.2. The number of nitrogens with zero attached hydrogens (tertiary/aromatic N) is 2. The minimum atomic E-state index is -0.0312. The number of para-hydroxylation sites is 1. The van der Waals surface area contributed by atoms with Crippen LogP contribution in [-0.4, -0.2) is 41.7 Å². The van der Waals surface area contributed by atoms with Gasteiger partial charge in [-0.15, -0.1) is 11.3 Å². The molecule has 0 saturated heterocycles. The Bertz CT molecular complexity index is 1010. The zero-order chi connectivity index (χ0) is 19.4. The number of benzene rings is 1. The van der Waals surface area contributed by atoms with Crippen LogP contribution in [0.25, 0.3) is 10.9 Å². The highest BCUT2D eigenvalue weighted by Gasteiger charge is 2.15. The van der Waals surface area contributed by atoms with Crippen molar-refractivity contribution < 1.29 is 9.69 Å². The topological polar surface area (TPSA) is 56.4 Å². The second kappa shape index (κ2) is 8.82. The number of thiophene rings is 1. The number of hydrogen-bond acceptors (Lipinski definition) is 5. The molecule has 3 aromatic rings. The Labute approximate surface area is 167 Å². The molecule has 0 saturated carbocycles. The summed E-state index contributed by atoms with van der Waals surface area (Å²) in [5.74, 6) is 0.355. The summed E-state index contributed by atoms with van der Waals surface area (Å²) in [7, 11) is 4.19. The molecule has 2 aromatic heterocycles. The Morgan fingerprint density at radius 2 is 2.00 bits per heavy atom. The van der Waals surface area contributed by atoms with Crippen molar-refractivity contribution in [3.8, 4) is 0 Å². The minimum Gasteiger partial charge on any atom is -0.340 e. The van der Waals surface area contributed by atoms with Crippen LogP contribution in [0.3, 0.4) is 0 Å². The Hall–Kier alpha value is -1.96. The van der Waals surface area contributed by atoms with E-state index >= 15 is 0 Å². The molecule has 0 amide bonds. The number of carbonyl (C=O) groups excluding carboxylic acids is 1. The van der Waals surface area contributed by atoms with Gasteiger partial charge in [-0.05, 0) is 31.2 Å². The lowest BCUT2D eigenvalue weighted by Gasteiger charge is -2.13. The molecule has 0 aliphatic carbocycles. The smallest absolute Gasteiger partial charge is 0.262 e. The van der Waals surface area contributed by atoms with Gasteiger partial charge in [0.05, 0.1) is 42.2 Å². The summed E-state index contributed by atoms with van der Waals surface area (Å²) in [5, 5.41) is 1.24. The van der Waals surface area contributed by atoms with E-state index in [4.69, 9.17) is 0 Å². The highest BCUT2D eigenvalue weighted by Crippen LogP contribution is 2.22. The summed E-state index contributed by atoms with van der Waals surface area (Å²) in [6.45, 7) is 3.57. The molecule has 142 valence electrons. The van der Waals surface area contributed by atoms with Crippen LogP contribution in [0.5, 0.6) is 0 Å². The van der Waals surface area contributed by atoms with E-state index in [2.05, 4.69) is 19.1 Å². The zero-order valence-corrected chi connectivity index (χ0v) is 17.5. The van der Waals surface area contributed by atoms with Crippen LogP contribution < -0.4 is 10.5 Å². The summed E-state index contributed by atoms with van der Waals surface area (Å²) in [6.07, 6.45) is 0.883. The first-order valence-corrected chi connectivity index (χ1v) is 10.8. The SMILES string of the molecule is Cc1ccc(C(=O)CSc2nc3ccccc3c(=O)n2CCC[NH+](C)C)s1. The third kappa shape index (κ3) is 4.86. The first kappa shape index (κ1) is 19.8. The van der Waals surface area contributed by atoms with Crippen molar-refractivity contribution >= 4 is 39.8 Å². The summed E-state index contributed by atoms with van der Waals surface area (Å²) < 4.78 is 1.73. The standard InChI is InChI=1S/C20H23N3O2S2/c1-14-9-10-18(27-14)17(24)13-26-20-21-16-8-5-4-7-15(16)19(25)23(20)12-6-11-22(2)3/h4-5,7-10H,6,11-13H2,1-3H3/p+1. The number of nitrogens with one attached hydrogen (secondary N) is 1. The van der Waals surface area contributed by atoms with Gasteiger partial charge in [0.25, 0.3) is 5.56 Å². The van der Waals surface area contributed by atoms with Gasteiger partial charge in [0.15, 0.2) is 10.9 Å². The van der Waals surface area contributed by atoms with Crippen LogP contribution in [0.15, 0.2) is 46.3 Å². The lowest BCUT2D eigenvalue weighted by atomic mass is 10.2. The summed E-state index contributed by atoms with van der Waals surface area (Å²) in [5.41, 5.74) is 0.648. The van der Waals surface area contributed by atoms with E-state index in [9.17, 15) is 9.59 Å². The Kier molecular flexibility index (Phi) is 6.46. The summed E-state index contributed by atoms with van der Waals surface area (Å²) >= 11 is 2.85. The van der Waals surface area contributed by atoms with Crippen LogP contribution in [0.4, 0.5) is 0 Å². The third-order valence-electron chi connectivity index (χ3n) is 4.23. The number of aromatic nitrogens is 2. The number of rotatable bonds is 8. The molecule has 0 aliphatic rings. The number of fused-ring (bicyclic) bond motifs is 1. The Morgan fingerprint density at radius 1 is 1.22 bits per heavy atom. The maximum Gasteiger partial charge on any atom is 0.262 e. The Morgan fingerprint density at radius 3 is 2.70 bits per heavy atom. The average Bonchev–Trinajstić information content (AvgIpc) is 3.08. The first-order valence-electron chi connectivity index (χ1n) is 8.97. The van der Waals surface area contributed by atoms with Crippen LogP contribution in [-0.2, 0) is 6.54 Å². The van der Waals surface area contributed by atoms with Crippen LogP contribution >= 0.6 is 23.1 Å². The zero-order valence-electron chi connectivity index (χ0n) is 15.8. The molecular weight excluding hydrogens is 378 g/mol. The van der Waals surface area contributed by atoms with Crippen molar-refractivity contribution in [1.82, 2.24) is 9.55 Å². The van der Waals surface area contributed by atoms with Gasteiger partial charge in [0, 0.05) is 17.8 Å². The second-order valence-electron chi connectivity index (χ2n) is 6.80. The largest absolute Gasteiger partial charge is 0.340 e. The predicted molar refractivity (Wildman–Crippen MR) is 112 cm³/mol. The molecule has 0 bridgehead atoms. The number of hydrogen-bond donors (Lipinski definition) is 1. The van der Waals surface area contributed by atoms with Gasteiger partial charge in [0.1, 0.15) is 0 Å². The number of aryl methyl sites for hydroxylation is 1. The fraction of sp³-hybridized carbons (Fsp3) is 0.350. The highest BCUT2D eigenvalue weighted by molar-refractivity contribution is 7.99. The molecule has 7 heteroatoms. The van der Waals surface area contributed by atoms with E-state index in [0.717, 1.165) is 22.7 Å². The Balaban J connectivity index is 1.87. The number of quaternary nitrogens is 1. The van der Waals surface area contributed by atoms with Gasteiger partial charge >= 0.3 is 0 Å². The summed E-state index contributed by atoms with van der Waals surface area (Å²) in [4.78, 5) is 33.3. The van der Waals surface area contributed by atoms with Gasteiger partial charge < -0.3 is 4.90 Å². The van der Waals surface area contributed by atoms with Gasteiger partial charge in [0.2, 0.25) is 0 Å². The van der Waals surface area contributed by atoms with E-state index < -0.39 is 0 Å². The maximum absolute atomic E-state index is 13.0. The number of ketones is 1. The monoisotopic (exact) mass is 402 g/mol. The fourth-order valence-corrected chi connectivity index (χ4v) is 4.64. The quantitative estimate of drug-likeness (QED) is 0.357. The lowest BCUT2D eigenvalue weighted by Crippen LogP contribution is -3.05. The molecule has 27 heavy (non-hydrogen) atoms. The van der Waals surface area contributed by atoms with E-state index in [1.54, 1.807) is 4.57 Å². The number of Topliss-reactive ketones (excluding diaryl/α,β-unsaturated/α-hetero) is 1. The summed E-state index contributed by atoms with van der Waals surface area (Å²) in [6, 6.07) is 11.2. The van der Waals surface area contributed by atoms with E-state index in [0.29, 0.717) is 22.6 Å². The van der Waals surface area contributed by atoms with Gasteiger partial charge in [-0.25, -0.2) is 4.98 Å². The third-order valence-corrected chi connectivity index (χ3v) is 6.25. The molecule has 3 rings (SSSR count). The molecule has 0 fully saturated rings. The average molecular weight is 403 g/mol. The molecule has 1 N–H and O–H groups in total. The molecule has 2 heterocycles. The molecule has 0 aliphatic heterocycles. The van der Waals surface area contributed by atoms with E-state index in [-0.39, 0.29) is 17.1 Å². The lowest BCUT2D eigenvalue weighted by molar-refractivity contribution is -0.858. The van der Waals surface area contributed by atoms with Crippen LogP contribution in [0, 0.1) is 6.92 Å². The minimum absolute atomic E-state index is 0.0312. The predicted octanol–water partition coefficient (Wildman–Crippen LogP) is 2.28. The van der Waals surface area contributed by atoms with Crippen molar-refractivity contribution in [2.75, 3.05) is 26.4 Å². The molecule has 0 spiro atoms. The molecule has 5 nitrogen and oxygen atoms in total. The normalized spacial score (nSPS) is 11.4.